The van der Waals surface area contributed by atoms with Crippen molar-refractivity contribution in [3.63, 3.8) is 0 Å². The molecule has 6 heteroatoms. The molecule has 1 aliphatic heterocycles. The molecule has 0 bridgehead atoms. The zero-order chi connectivity index (χ0) is 13.0. The largest absolute Gasteiger partial charge is 0.307 e. The standard InChI is InChI=1S/C12H22N6/c1-17-4-3-10(7-17)8-18(2)9-11-5-15-12(16-13)6-14-11/h5-6,10H,3-4,7-9,13H2,1-2H3,(H,15,16). The molecule has 1 saturated heterocycles. The van der Waals surface area contributed by atoms with Crippen LogP contribution in [0.2, 0.25) is 0 Å². The van der Waals surface area contributed by atoms with Gasteiger partial charge in [-0.15, -0.1) is 0 Å². The highest BCUT2D eigenvalue weighted by molar-refractivity contribution is 5.28. The molecule has 1 aromatic heterocycles. The number of anilines is 1. The maximum absolute atomic E-state index is 5.26. The van der Waals surface area contributed by atoms with Crippen molar-refractivity contribution in [3.8, 4) is 0 Å². The normalized spacial score (nSPS) is 20.6. The number of likely N-dealkylation sites (tertiary alicyclic amines) is 1. The molecule has 100 valence electrons. The number of hydrogen-bond donors (Lipinski definition) is 2. The third-order valence-electron chi connectivity index (χ3n) is 3.34. The second-order valence-corrected chi connectivity index (χ2v) is 5.15. The predicted molar refractivity (Wildman–Crippen MR) is 71.8 cm³/mol. The average molecular weight is 250 g/mol. The van der Waals surface area contributed by atoms with Crippen molar-refractivity contribution in [1.82, 2.24) is 19.8 Å². The molecule has 1 unspecified atom stereocenters. The third kappa shape index (κ3) is 3.63. The fourth-order valence-corrected chi connectivity index (χ4v) is 2.47. The molecule has 1 fully saturated rings. The average Bonchev–Trinajstić information content (AvgIpc) is 2.75. The Kier molecular flexibility index (Phi) is 4.46. The monoisotopic (exact) mass is 250 g/mol. The van der Waals surface area contributed by atoms with Gasteiger partial charge in [-0.05, 0) is 33.0 Å². The first-order chi connectivity index (χ1) is 8.67. The molecule has 18 heavy (non-hydrogen) atoms. The third-order valence-corrected chi connectivity index (χ3v) is 3.34. The van der Waals surface area contributed by atoms with Crippen LogP contribution in [-0.2, 0) is 6.54 Å². The minimum Gasteiger partial charge on any atom is -0.307 e. The number of nitrogens with zero attached hydrogens (tertiary/aromatic N) is 4. The Morgan fingerprint density at radius 3 is 2.89 bits per heavy atom. The second kappa shape index (κ2) is 6.08. The maximum Gasteiger partial charge on any atom is 0.158 e. The smallest absolute Gasteiger partial charge is 0.158 e. The van der Waals surface area contributed by atoms with Crippen LogP contribution in [0.4, 0.5) is 5.82 Å². The molecule has 1 aliphatic rings. The van der Waals surface area contributed by atoms with E-state index in [0.29, 0.717) is 5.82 Å². The highest BCUT2D eigenvalue weighted by Crippen LogP contribution is 2.15. The maximum atomic E-state index is 5.26. The van der Waals surface area contributed by atoms with E-state index in [2.05, 4.69) is 39.3 Å². The first kappa shape index (κ1) is 13.2. The van der Waals surface area contributed by atoms with Crippen LogP contribution in [0.1, 0.15) is 12.1 Å². The van der Waals surface area contributed by atoms with Gasteiger partial charge in [0.2, 0.25) is 0 Å². The van der Waals surface area contributed by atoms with E-state index >= 15 is 0 Å². The van der Waals surface area contributed by atoms with Crippen molar-refractivity contribution in [2.45, 2.75) is 13.0 Å². The van der Waals surface area contributed by atoms with E-state index in [1.807, 2.05) is 0 Å². The highest BCUT2D eigenvalue weighted by atomic mass is 15.3. The SMILES string of the molecule is CN1CCC(CN(C)Cc2cnc(NN)cn2)C1. The van der Waals surface area contributed by atoms with Crippen molar-refractivity contribution < 1.29 is 0 Å². The summed E-state index contributed by atoms with van der Waals surface area (Å²) in [7, 11) is 4.32. The van der Waals surface area contributed by atoms with E-state index in [9.17, 15) is 0 Å². The van der Waals surface area contributed by atoms with Crippen LogP contribution in [0.5, 0.6) is 0 Å². The molecule has 1 aromatic rings. The summed E-state index contributed by atoms with van der Waals surface area (Å²) >= 11 is 0. The summed E-state index contributed by atoms with van der Waals surface area (Å²) in [4.78, 5) is 13.2. The van der Waals surface area contributed by atoms with E-state index in [-0.39, 0.29) is 0 Å². The molecule has 0 aromatic carbocycles. The molecule has 0 radical (unpaired) electrons. The Labute approximate surface area is 108 Å². The molecule has 2 heterocycles. The predicted octanol–water partition coefficient (Wildman–Crippen LogP) is 0.146. The lowest BCUT2D eigenvalue weighted by atomic mass is 10.1. The summed E-state index contributed by atoms with van der Waals surface area (Å²) in [5.41, 5.74) is 3.45. The Balaban J connectivity index is 1.80. The van der Waals surface area contributed by atoms with E-state index in [0.717, 1.165) is 24.7 Å². The molecule has 6 nitrogen and oxygen atoms in total. The lowest BCUT2D eigenvalue weighted by Crippen LogP contribution is -2.27. The number of nitrogens with two attached hydrogens (primary N) is 1. The first-order valence-electron chi connectivity index (χ1n) is 6.32. The van der Waals surface area contributed by atoms with Crippen molar-refractivity contribution in [2.24, 2.45) is 11.8 Å². The Hall–Kier alpha value is -1.24. The van der Waals surface area contributed by atoms with Crippen LogP contribution in [0.3, 0.4) is 0 Å². The fraction of sp³-hybridized carbons (Fsp3) is 0.667. The van der Waals surface area contributed by atoms with Gasteiger partial charge in [-0.25, -0.2) is 10.8 Å². The Morgan fingerprint density at radius 1 is 1.50 bits per heavy atom. The van der Waals surface area contributed by atoms with Crippen LogP contribution in [0, 0.1) is 5.92 Å². The number of hydrogen-bond acceptors (Lipinski definition) is 6. The minimum absolute atomic E-state index is 0.596. The molecule has 0 saturated carbocycles. The van der Waals surface area contributed by atoms with Gasteiger partial charge in [0.1, 0.15) is 0 Å². The topological polar surface area (TPSA) is 70.3 Å². The molecular weight excluding hydrogens is 228 g/mol. The van der Waals surface area contributed by atoms with E-state index in [1.54, 1.807) is 12.4 Å². The summed E-state index contributed by atoms with van der Waals surface area (Å²) in [5, 5.41) is 0. The van der Waals surface area contributed by atoms with Crippen molar-refractivity contribution in [2.75, 3.05) is 39.2 Å². The number of nitrogens with one attached hydrogen (secondary N) is 1. The zero-order valence-corrected chi connectivity index (χ0v) is 11.1. The van der Waals surface area contributed by atoms with Crippen molar-refractivity contribution in [3.05, 3.63) is 18.1 Å². The van der Waals surface area contributed by atoms with Gasteiger partial charge in [-0.1, -0.05) is 0 Å². The molecule has 0 spiro atoms. The van der Waals surface area contributed by atoms with Gasteiger partial charge in [0, 0.05) is 19.6 Å². The molecule has 1 atom stereocenters. The number of hydrazine groups is 1. The van der Waals surface area contributed by atoms with Gasteiger partial charge in [0.15, 0.2) is 5.82 Å². The number of nitrogen functional groups attached to an aromatic ring is 1. The Morgan fingerprint density at radius 2 is 2.33 bits per heavy atom. The van der Waals surface area contributed by atoms with Gasteiger partial charge < -0.3 is 15.2 Å². The summed E-state index contributed by atoms with van der Waals surface area (Å²) in [6.45, 7) is 4.36. The van der Waals surface area contributed by atoms with Crippen LogP contribution >= 0.6 is 0 Å². The van der Waals surface area contributed by atoms with Gasteiger partial charge in [-0.2, -0.15) is 0 Å². The van der Waals surface area contributed by atoms with Gasteiger partial charge in [0.25, 0.3) is 0 Å². The molecule has 0 amide bonds. The zero-order valence-electron chi connectivity index (χ0n) is 11.1. The van der Waals surface area contributed by atoms with Crippen LogP contribution in [-0.4, -0.2) is 53.5 Å². The highest BCUT2D eigenvalue weighted by Gasteiger charge is 2.20. The lowest BCUT2D eigenvalue weighted by molar-refractivity contribution is 0.264. The van der Waals surface area contributed by atoms with E-state index < -0.39 is 0 Å². The van der Waals surface area contributed by atoms with Crippen molar-refractivity contribution >= 4 is 5.82 Å². The molecule has 0 aliphatic carbocycles. The minimum atomic E-state index is 0.596. The Bertz CT molecular complexity index is 365. The van der Waals surface area contributed by atoms with Crippen LogP contribution in [0.15, 0.2) is 12.4 Å². The number of rotatable bonds is 5. The second-order valence-electron chi connectivity index (χ2n) is 5.15. The summed E-state index contributed by atoms with van der Waals surface area (Å²) in [5.74, 6) is 6.63. The summed E-state index contributed by atoms with van der Waals surface area (Å²) in [6.07, 6.45) is 4.72. The van der Waals surface area contributed by atoms with Crippen LogP contribution in [0.25, 0.3) is 0 Å². The van der Waals surface area contributed by atoms with Gasteiger partial charge in [-0.3, -0.25) is 4.98 Å². The first-order valence-corrected chi connectivity index (χ1v) is 6.32. The van der Waals surface area contributed by atoms with Gasteiger partial charge in [0.05, 0.1) is 18.1 Å². The van der Waals surface area contributed by atoms with E-state index in [4.69, 9.17) is 5.84 Å². The van der Waals surface area contributed by atoms with Crippen molar-refractivity contribution in [1.29, 1.82) is 0 Å². The summed E-state index contributed by atoms with van der Waals surface area (Å²) < 4.78 is 0. The molecule has 3 N–H and O–H groups in total. The quantitative estimate of drug-likeness (QED) is 0.572. The molecule has 2 rings (SSSR count). The fourth-order valence-electron chi connectivity index (χ4n) is 2.47. The van der Waals surface area contributed by atoms with E-state index in [1.165, 1.54) is 19.5 Å². The summed E-state index contributed by atoms with van der Waals surface area (Å²) in [6, 6.07) is 0. The lowest BCUT2D eigenvalue weighted by Gasteiger charge is -2.20. The molecular formula is C12H22N6. The number of aromatic nitrogens is 2. The van der Waals surface area contributed by atoms with Gasteiger partial charge >= 0.3 is 0 Å². The van der Waals surface area contributed by atoms with Crippen LogP contribution < -0.4 is 11.3 Å².